The average molecular weight is 806 g/mol. The van der Waals surface area contributed by atoms with Crippen LogP contribution in [0.4, 0.5) is 0 Å². The van der Waals surface area contributed by atoms with Crippen molar-refractivity contribution in [3.63, 3.8) is 0 Å². The van der Waals surface area contributed by atoms with Crippen molar-refractivity contribution in [2.24, 2.45) is 0 Å². The zero-order valence-corrected chi connectivity index (χ0v) is 33.9. The Morgan fingerprint density at radius 1 is 0.286 bits per heavy atom. The van der Waals surface area contributed by atoms with Crippen LogP contribution in [0.3, 0.4) is 0 Å². The third kappa shape index (κ3) is 5.46. The zero-order valence-electron chi connectivity index (χ0n) is 33.9. The maximum atomic E-state index is 6.51. The van der Waals surface area contributed by atoms with E-state index in [1.165, 1.54) is 33.4 Å². The SMILES string of the molecule is c1ccc(-c2nc(-c3cccc(-c4ccc(C5(c6ccc7c(c6)oc6ccccc67)c6ccccc6-c6ccccc65)cc4)c3)nc(-c3ccc4oc5ccccc5c4c3)n2)cc1. The quantitative estimate of drug-likeness (QED) is 0.167. The molecule has 9 aromatic carbocycles. The van der Waals surface area contributed by atoms with E-state index < -0.39 is 5.41 Å². The lowest BCUT2D eigenvalue weighted by Gasteiger charge is -2.34. The Balaban J connectivity index is 0.934. The Kier molecular flexibility index (Phi) is 7.75. The normalized spacial score (nSPS) is 12.9. The molecule has 0 radical (unpaired) electrons. The van der Waals surface area contributed by atoms with E-state index in [1.807, 2.05) is 72.8 Å². The Morgan fingerprint density at radius 3 is 1.49 bits per heavy atom. The van der Waals surface area contributed by atoms with E-state index in [-0.39, 0.29) is 0 Å². The third-order valence-electron chi connectivity index (χ3n) is 12.8. The molecule has 294 valence electrons. The molecule has 0 N–H and O–H groups in total. The smallest absolute Gasteiger partial charge is 0.164 e. The highest BCUT2D eigenvalue weighted by Crippen LogP contribution is 2.56. The van der Waals surface area contributed by atoms with E-state index in [0.29, 0.717) is 17.5 Å². The number of hydrogen-bond donors (Lipinski definition) is 0. The number of aromatic nitrogens is 3. The molecule has 0 fully saturated rings. The van der Waals surface area contributed by atoms with Crippen molar-refractivity contribution in [1.29, 1.82) is 0 Å². The van der Waals surface area contributed by atoms with Gasteiger partial charge >= 0.3 is 0 Å². The number of para-hydroxylation sites is 2. The second-order valence-corrected chi connectivity index (χ2v) is 16.3. The second-order valence-electron chi connectivity index (χ2n) is 16.3. The van der Waals surface area contributed by atoms with Crippen molar-refractivity contribution >= 4 is 43.9 Å². The predicted molar refractivity (Wildman–Crippen MR) is 253 cm³/mol. The van der Waals surface area contributed by atoms with Gasteiger partial charge in [0.1, 0.15) is 22.3 Å². The van der Waals surface area contributed by atoms with Gasteiger partial charge in [0, 0.05) is 38.2 Å². The van der Waals surface area contributed by atoms with Crippen molar-refractivity contribution in [2.75, 3.05) is 0 Å². The van der Waals surface area contributed by atoms with Gasteiger partial charge in [0.2, 0.25) is 0 Å². The first-order chi connectivity index (χ1) is 31.2. The first kappa shape index (κ1) is 35.4. The van der Waals surface area contributed by atoms with Crippen molar-refractivity contribution in [1.82, 2.24) is 15.0 Å². The van der Waals surface area contributed by atoms with Crippen LogP contribution in [-0.4, -0.2) is 15.0 Å². The number of furan rings is 2. The second kappa shape index (κ2) is 13.8. The minimum atomic E-state index is -0.568. The largest absolute Gasteiger partial charge is 0.456 e. The van der Waals surface area contributed by atoms with Gasteiger partial charge in [-0.15, -0.1) is 0 Å². The third-order valence-corrected chi connectivity index (χ3v) is 12.8. The maximum absolute atomic E-state index is 6.51. The molecule has 0 unspecified atom stereocenters. The molecule has 0 spiro atoms. The van der Waals surface area contributed by atoms with Crippen LogP contribution < -0.4 is 0 Å². The molecule has 1 aliphatic carbocycles. The molecule has 5 heteroatoms. The minimum absolute atomic E-state index is 0.568. The lowest BCUT2D eigenvalue weighted by molar-refractivity contribution is 0.665. The molecule has 1 aliphatic rings. The number of rotatable bonds is 6. The van der Waals surface area contributed by atoms with Crippen LogP contribution in [0.2, 0.25) is 0 Å². The molecule has 13 rings (SSSR count). The molecule has 0 atom stereocenters. The van der Waals surface area contributed by atoms with E-state index in [1.54, 1.807) is 0 Å². The lowest BCUT2D eigenvalue weighted by Crippen LogP contribution is -2.28. The highest BCUT2D eigenvalue weighted by Gasteiger charge is 2.46. The van der Waals surface area contributed by atoms with Gasteiger partial charge in [-0.2, -0.15) is 0 Å². The fourth-order valence-electron chi connectivity index (χ4n) is 9.95. The monoisotopic (exact) mass is 805 g/mol. The topological polar surface area (TPSA) is 65.0 Å². The molecule has 0 saturated heterocycles. The summed E-state index contributed by atoms with van der Waals surface area (Å²) in [4.78, 5) is 15.2. The number of nitrogens with zero attached hydrogens (tertiary/aromatic N) is 3. The van der Waals surface area contributed by atoms with Gasteiger partial charge in [0.05, 0.1) is 5.41 Å². The van der Waals surface area contributed by atoms with E-state index in [0.717, 1.165) is 71.7 Å². The van der Waals surface area contributed by atoms with E-state index >= 15 is 0 Å². The average Bonchev–Trinajstić information content (AvgIpc) is 4.02. The van der Waals surface area contributed by atoms with E-state index in [9.17, 15) is 0 Å². The van der Waals surface area contributed by atoms with Crippen LogP contribution >= 0.6 is 0 Å². The molecule has 0 saturated carbocycles. The number of fused-ring (bicyclic) bond motifs is 9. The highest BCUT2D eigenvalue weighted by molar-refractivity contribution is 6.07. The fraction of sp³-hybridized carbons (Fsp3) is 0.0172. The summed E-state index contributed by atoms with van der Waals surface area (Å²) in [6, 6.07) is 74.7. The number of hydrogen-bond acceptors (Lipinski definition) is 5. The molecule has 63 heavy (non-hydrogen) atoms. The van der Waals surface area contributed by atoms with Crippen molar-refractivity contribution in [3.05, 3.63) is 235 Å². The maximum Gasteiger partial charge on any atom is 0.164 e. The molecular formula is C58H35N3O2. The van der Waals surface area contributed by atoms with Gasteiger partial charge in [-0.05, 0) is 87.0 Å². The van der Waals surface area contributed by atoms with Gasteiger partial charge in [-0.3, -0.25) is 0 Å². The summed E-state index contributed by atoms with van der Waals surface area (Å²) in [5.41, 5.74) is 15.2. The minimum Gasteiger partial charge on any atom is -0.456 e. The number of benzene rings is 9. The summed E-state index contributed by atoms with van der Waals surface area (Å²) in [7, 11) is 0. The van der Waals surface area contributed by atoms with Gasteiger partial charge in [-0.1, -0.05) is 170 Å². The van der Waals surface area contributed by atoms with E-state index in [4.69, 9.17) is 23.8 Å². The summed E-state index contributed by atoms with van der Waals surface area (Å²) in [5, 5.41) is 4.33. The molecule has 0 aliphatic heterocycles. The summed E-state index contributed by atoms with van der Waals surface area (Å²) >= 11 is 0. The Morgan fingerprint density at radius 2 is 0.778 bits per heavy atom. The van der Waals surface area contributed by atoms with Gasteiger partial charge in [-0.25, -0.2) is 15.0 Å². The van der Waals surface area contributed by atoms with E-state index in [2.05, 4.69) is 140 Å². The molecular weight excluding hydrogens is 771 g/mol. The standard InChI is InChI=1S/C58H35N3O2/c1-2-13-37(14-3-1)55-59-56(61-57(60-55)40-27-32-53-48(34-40)46-20-7-11-24-52(46)62-53)39-16-12-15-38(33-39)36-25-28-41(29-26-36)58(49-21-8-4-17-43(49)44-18-5-9-22-50(44)58)42-30-31-47-45-19-6-10-23-51(45)63-54(47)35-42/h1-35H. The zero-order chi connectivity index (χ0) is 41.5. The molecule has 0 amide bonds. The summed E-state index contributed by atoms with van der Waals surface area (Å²) in [5.74, 6) is 1.82. The van der Waals surface area contributed by atoms with Gasteiger partial charge in [0.25, 0.3) is 0 Å². The van der Waals surface area contributed by atoms with Gasteiger partial charge in [0.15, 0.2) is 17.5 Å². The Bertz CT molecular complexity index is 3710. The van der Waals surface area contributed by atoms with Crippen LogP contribution in [0.5, 0.6) is 0 Å². The first-order valence-corrected chi connectivity index (χ1v) is 21.2. The molecule has 0 bridgehead atoms. The molecule has 5 nitrogen and oxygen atoms in total. The summed E-state index contributed by atoms with van der Waals surface area (Å²) in [6.07, 6.45) is 0. The van der Waals surface area contributed by atoms with Crippen molar-refractivity contribution in [2.45, 2.75) is 5.41 Å². The summed E-state index contributed by atoms with van der Waals surface area (Å²) < 4.78 is 12.7. The van der Waals surface area contributed by atoms with Crippen molar-refractivity contribution < 1.29 is 8.83 Å². The Hall–Kier alpha value is -8.41. The Labute approximate surface area is 362 Å². The van der Waals surface area contributed by atoms with Crippen LogP contribution in [-0.2, 0) is 5.41 Å². The molecule has 12 aromatic rings. The van der Waals surface area contributed by atoms with Gasteiger partial charge < -0.3 is 8.83 Å². The van der Waals surface area contributed by atoms with Crippen LogP contribution in [0, 0.1) is 0 Å². The lowest BCUT2D eigenvalue weighted by atomic mass is 9.67. The van der Waals surface area contributed by atoms with Crippen LogP contribution in [0.15, 0.2) is 221 Å². The van der Waals surface area contributed by atoms with Crippen LogP contribution in [0.25, 0.3) is 100 Å². The summed E-state index contributed by atoms with van der Waals surface area (Å²) in [6.45, 7) is 0. The molecule has 3 heterocycles. The first-order valence-electron chi connectivity index (χ1n) is 21.2. The van der Waals surface area contributed by atoms with Crippen molar-refractivity contribution in [3.8, 4) is 56.4 Å². The highest BCUT2D eigenvalue weighted by atomic mass is 16.3. The predicted octanol–water partition coefficient (Wildman–Crippen LogP) is 14.7. The fourth-order valence-corrected chi connectivity index (χ4v) is 9.95. The molecule has 3 aromatic heterocycles. The van der Waals surface area contributed by atoms with Crippen LogP contribution in [0.1, 0.15) is 22.3 Å².